The van der Waals surface area contributed by atoms with Gasteiger partial charge in [0.05, 0.1) is 24.6 Å². The summed E-state index contributed by atoms with van der Waals surface area (Å²) >= 11 is 0. The van der Waals surface area contributed by atoms with Crippen LogP contribution in [0.2, 0.25) is 0 Å². The maximum atomic E-state index is 10.1. The van der Waals surface area contributed by atoms with Gasteiger partial charge in [0.15, 0.2) is 0 Å². The lowest BCUT2D eigenvalue weighted by atomic mass is 9.69. The van der Waals surface area contributed by atoms with Gasteiger partial charge in [-0.3, -0.25) is 0 Å². The SMILES string of the molecule is COc1cccc([C@]2(C#N)CC[C@H](NC(c3ccccc3)c3ccccc3)CC2)c1. The van der Waals surface area contributed by atoms with Crippen LogP contribution in [0.5, 0.6) is 5.75 Å². The fourth-order valence-electron chi connectivity index (χ4n) is 4.57. The van der Waals surface area contributed by atoms with Crippen molar-refractivity contribution in [3.8, 4) is 11.8 Å². The van der Waals surface area contributed by atoms with Gasteiger partial charge in [-0.2, -0.15) is 5.26 Å². The smallest absolute Gasteiger partial charge is 0.119 e. The second kappa shape index (κ2) is 9.15. The van der Waals surface area contributed by atoms with Crippen LogP contribution in [0.3, 0.4) is 0 Å². The molecule has 0 atom stereocenters. The van der Waals surface area contributed by atoms with Crippen LogP contribution < -0.4 is 10.1 Å². The summed E-state index contributed by atoms with van der Waals surface area (Å²) < 4.78 is 5.39. The third-order valence-corrected chi connectivity index (χ3v) is 6.34. The minimum absolute atomic E-state index is 0.156. The Morgan fingerprint density at radius 1 is 0.900 bits per heavy atom. The van der Waals surface area contributed by atoms with Crippen molar-refractivity contribution in [1.82, 2.24) is 5.32 Å². The summed E-state index contributed by atoms with van der Waals surface area (Å²) in [4.78, 5) is 0. The molecule has 1 aliphatic carbocycles. The molecule has 0 amide bonds. The van der Waals surface area contributed by atoms with E-state index in [1.165, 1.54) is 11.1 Å². The van der Waals surface area contributed by atoms with E-state index in [9.17, 15) is 5.26 Å². The Labute approximate surface area is 179 Å². The predicted molar refractivity (Wildman–Crippen MR) is 120 cm³/mol. The van der Waals surface area contributed by atoms with Gasteiger partial charge in [0.25, 0.3) is 0 Å². The fraction of sp³-hybridized carbons (Fsp3) is 0.296. The number of benzene rings is 3. The van der Waals surface area contributed by atoms with Crippen molar-refractivity contribution < 1.29 is 4.74 Å². The molecule has 0 unspecified atom stereocenters. The van der Waals surface area contributed by atoms with Crippen molar-refractivity contribution in [2.75, 3.05) is 7.11 Å². The number of hydrogen-bond acceptors (Lipinski definition) is 3. The number of methoxy groups -OCH3 is 1. The van der Waals surface area contributed by atoms with Crippen LogP contribution in [-0.2, 0) is 5.41 Å². The van der Waals surface area contributed by atoms with Crippen molar-refractivity contribution in [1.29, 1.82) is 5.26 Å². The highest BCUT2D eigenvalue weighted by atomic mass is 16.5. The molecular weight excluding hydrogens is 368 g/mol. The average Bonchev–Trinajstić information content (AvgIpc) is 2.84. The Kier molecular flexibility index (Phi) is 6.16. The van der Waals surface area contributed by atoms with E-state index in [1.54, 1.807) is 7.11 Å². The maximum absolute atomic E-state index is 10.1. The molecule has 152 valence electrons. The molecule has 3 heteroatoms. The number of ether oxygens (including phenoxy) is 1. The number of nitrogens with one attached hydrogen (secondary N) is 1. The molecule has 1 saturated carbocycles. The lowest BCUT2D eigenvalue weighted by Gasteiger charge is -2.37. The number of nitriles is 1. The topological polar surface area (TPSA) is 45.0 Å². The summed E-state index contributed by atoms with van der Waals surface area (Å²) in [5.74, 6) is 0.815. The Balaban J connectivity index is 1.52. The van der Waals surface area contributed by atoms with E-state index >= 15 is 0 Å². The number of rotatable bonds is 6. The third kappa shape index (κ3) is 4.25. The predicted octanol–water partition coefficient (Wildman–Crippen LogP) is 5.78. The first-order chi connectivity index (χ1) is 14.7. The van der Waals surface area contributed by atoms with E-state index in [1.807, 2.05) is 18.2 Å². The van der Waals surface area contributed by atoms with E-state index < -0.39 is 5.41 Å². The Morgan fingerprint density at radius 3 is 2.03 bits per heavy atom. The first-order valence-corrected chi connectivity index (χ1v) is 10.7. The van der Waals surface area contributed by atoms with E-state index in [0.29, 0.717) is 6.04 Å². The molecule has 0 heterocycles. The maximum Gasteiger partial charge on any atom is 0.119 e. The Bertz CT molecular complexity index is 947. The molecule has 0 saturated heterocycles. The van der Waals surface area contributed by atoms with Gasteiger partial charge >= 0.3 is 0 Å². The molecule has 1 N–H and O–H groups in total. The average molecular weight is 397 g/mol. The van der Waals surface area contributed by atoms with Crippen LogP contribution in [0, 0.1) is 11.3 Å². The zero-order chi connectivity index (χ0) is 20.8. The third-order valence-electron chi connectivity index (χ3n) is 6.34. The van der Waals surface area contributed by atoms with Gasteiger partial charge < -0.3 is 10.1 Å². The van der Waals surface area contributed by atoms with Gasteiger partial charge in [-0.25, -0.2) is 0 Å². The van der Waals surface area contributed by atoms with Crippen LogP contribution in [0.15, 0.2) is 84.9 Å². The second-order valence-corrected chi connectivity index (χ2v) is 8.12. The van der Waals surface area contributed by atoms with E-state index in [-0.39, 0.29) is 6.04 Å². The second-order valence-electron chi connectivity index (χ2n) is 8.12. The Morgan fingerprint density at radius 2 is 1.50 bits per heavy atom. The fourth-order valence-corrected chi connectivity index (χ4v) is 4.57. The molecule has 0 radical (unpaired) electrons. The van der Waals surface area contributed by atoms with Crippen LogP contribution in [0.4, 0.5) is 0 Å². The quantitative estimate of drug-likeness (QED) is 0.574. The summed E-state index contributed by atoms with van der Waals surface area (Å²) in [6, 6.07) is 32.4. The summed E-state index contributed by atoms with van der Waals surface area (Å²) in [7, 11) is 1.67. The van der Waals surface area contributed by atoms with E-state index in [0.717, 1.165) is 37.0 Å². The number of nitrogens with zero attached hydrogens (tertiary/aromatic N) is 1. The highest BCUT2D eigenvalue weighted by Crippen LogP contribution is 2.40. The van der Waals surface area contributed by atoms with Crippen molar-refractivity contribution in [2.45, 2.75) is 43.2 Å². The summed E-state index contributed by atoms with van der Waals surface area (Å²) in [6.07, 6.45) is 3.65. The van der Waals surface area contributed by atoms with Gasteiger partial charge in [0.1, 0.15) is 5.75 Å². The Hall–Kier alpha value is -3.09. The standard InChI is InChI=1S/C27H28N2O/c1-30-25-14-8-13-23(19-25)27(20-28)17-15-24(16-18-27)29-26(21-9-4-2-5-10-21)22-11-6-3-7-12-22/h2-14,19,24,26,29H,15-18H2,1H3/t24-,27+. The molecule has 0 aliphatic heterocycles. The monoisotopic (exact) mass is 396 g/mol. The molecule has 0 aromatic heterocycles. The lowest BCUT2D eigenvalue weighted by molar-refractivity contribution is 0.284. The van der Waals surface area contributed by atoms with Crippen LogP contribution in [0.1, 0.15) is 48.4 Å². The largest absolute Gasteiger partial charge is 0.497 e. The van der Waals surface area contributed by atoms with Crippen LogP contribution in [0.25, 0.3) is 0 Å². The molecule has 1 aliphatic rings. The zero-order valence-electron chi connectivity index (χ0n) is 17.4. The van der Waals surface area contributed by atoms with Crippen molar-refractivity contribution >= 4 is 0 Å². The summed E-state index contributed by atoms with van der Waals surface area (Å²) in [6.45, 7) is 0. The molecule has 3 aromatic carbocycles. The first kappa shape index (κ1) is 20.2. The molecule has 1 fully saturated rings. The molecule has 30 heavy (non-hydrogen) atoms. The molecule has 4 rings (SSSR count). The van der Waals surface area contributed by atoms with Crippen molar-refractivity contribution in [3.05, 3.63) is 102 Å². The summed E-state index contributed by atoms with van der Waals surface area (Å²) in [5.41, 5.74) is 3.19. The van der Waals surface area contributed by atoms with Crippen LogP contribution >= 0.6 is 0 Å². The highest BCUT2D eigenvalue weighted by molar-refractivity contribution is 5.39. The highest BCUT2D eigenvalue weighted by Gasteiger charge is 2.38. The van der Waals surface area contributed by atoms with Gasteiger partial charge in [-0.1, -0.05) is 72.8 Å². The minimum atomic E-state index is -0.429. The minimum Gasteiger partial charge on any atom is -0.497 e. The first-order valence-electron chi connectivity index (χ1n) is 10.7. The van der Waals surface area contributed by atoms with Gasteiger partial charge in [0.2, 0.25) is 0 Å². The molecular formula is C27H28N2O. The van der Waals surface area contributed by atoms with E-state index in [4.69, 9.17) is 4.74 Å². The van der Waals surface area contributed by atoms with Crippen molar-refractivity contribution in [3.63, 3.8) is 0 Å². The molecule has 0 bridgehead atoms. The van der Waals surface area contributed by atoms with E-state index in [2.05, 4.69) is 78.1 Å². The van der Waals surface area contributed by atoms with Crippen molar-refractivity contribution in [2.24, 2.45) is 0 Å². The zero-order valence-corrected chi connectivity index (χ0v) is 17.4. The number of hydrogen-bond donors (Lipinski definition) is 1. The van der Waals surface area contributed by atoms with Gasteiger partial charge in [0, 0.05) is 6.04 Å². The molecule has 0 spiro atoms. The molecule has 3 aromatic rings. The summed E-state index contributed by atoms with van der Waals surface area (Å²) in [5, 5.41) is 14.0. The van der Waals surface area contributed by atoms with Crippen LogP contribution in [-0.4, -0.2) is 13.2 Å². The molecule has 3 nitrogen and oxygen atoms in total. The van der Waals surface area contributed by atoms with Gasteiger partial charge in [-0.15, -0.1) is 0 Å². The van der Waals surface area contributed by atoms with Gasteiger partial charge in [-0.05, 0) is 54.5 Å². The lowest BCUT2D eigenvalue weighted by Crippen LogP contribution is -2.41. The normalized spacial score (nSPS) is 21.2.